The van der Waals surface area contributed by atoms with E-state index in [0.717, 1.165) is 36.9 Å². The van der Waals surface area contributed by atoms with E-state index in [9.17, 15) is 0 Å². The molecule has 0 saturated carbocycles. The van der Waals surface area contributed by atoms with Crippen LogP contribution in [0.25, 0.3) is 0 Å². The number of benzene rings is 1. The maximum absolute atomic E-state index is 5.09. The van der Waals surface area contributed by atoms with Crippen molar-refractivity contribution in [3.05, 3.63) is 41.7 Å². The Balaban J connectivity index is 2.10. The molecule has 4 nitrogen and oxygen atoms in total. The van der Waals surface area contributed by atoms with E-state index < -0.39 is 0 Å². The summed E-state index contributed by atoms with van der Waals surface area (Å²) in [6.07, 6.45) is 3.04. The van der Waals surface area contributed by atoms with E-state index in [2.05, 4.69) is 46.2 Å². The van der Waals surface area contributed by atoms with Gasteiger partial charge >= 0.3 is 0 Å². The third-order valence-corrected chi connectivity index (χ3v) is 2.92. The second-order valence-electron chi connectivity index (χ2n) is 4.74. The lowest BCUT2D eigenvalue weighted by molar-refractivity contribution is 0.190. The van der Waals surface area contributed by atoms with Gasteiger partial charge in [-0.15, -0.1) is 0 Å². The normalized spacial score (nSPS) is 10.7. The van der Waals surface area contributed by atoms with Crippen molar-refractivity contribution in [3.63, 3.8) is 0 Å². The number of aromatic nitrogens is 2. The van der Waals surface area contributed by atoms with Gasteiger partial charge in [-0.25, -0.2) is 4.98 Å². The summed E-state index contributed by atoms with van der Waals surface area (Å²) in [5.41, 5.74) is 3.32. The van der Waals surface area contributed by atoms with Crippen LogP contribution in [0.3, 0.4) is 0 Å². The molecule has 0 fully saturated rings. The summed E-state index contributed by atoms with van der Waals surface area (Å²) < 4.78 is 7.23. The van der Waals surface area contributed by atoms with Crippen LogP contribution in [0.5, 0.6) is 0 Å². The first-order valence-corrected chi connectivity index (χ1v) is 6.55. The number of imidazole rings is 1. The highest BCUT2D eigenvalue weighted by atomic mass is 16.5. The molecule has 4 heteroatoms. The summed E-state index contributed by atoms with van der Waals surface area (Å²) >= 11 is 0. The maximum Gasteiger partial charge on any atom is 0.207 e. The molecule has 0 amide bonds. The van der Waals surface area contributed by atoms with Gasteiger partial charge in [0, 0.05) is 32.1 Å². The van der Waals surface area contributed by atoms with E-state index in [1.165, 1.54) is 5.56 Å². The van der Waals surface area contributed by atoms with E-state index >= 15 is 0 Å². The number of aryl methyl sites for hydroxylation is 3. The molecule has 1 heterocycles. The van der Waals surface area contributed by atoms with Crippen molar-refractivity contribution in [2.24, 2.45) is 0 Å². The van der Waals surface area contributed by atoms with Crippen molar-refractivity contribution in [1.82, 2.24) is 9.55 Å². The van der Waals surface area contributed by atoms with Crippen molar-refractivity contribution in [1.29, 1.82) is 0 Å². The second kappa shape index (κ2) is 6.38. The maximum atomic E-state index is 5.09. The zero-order valence-corrected chi connectivity index (χ0v) is 11.8. The lowest BCUT2D eigenvalue weighted by atomic mass is 10.2. The molecule has 1 N–H and O–H groups in total. The fraction of sp³-hybridized carbons (Fsp3) is 0.400. The minimum atomic E-state index is 0.765. The number of anilines is 2. The Morgan fingerprint density at radius 2 is 2.16 bits per heavy atom. The van der Waals surface area contributed by atoms with Gasteiger partial charge in [0.05, 0.1) is 5.69 Å². The molecule has 0 aliphatic carbocycles. The number of rotatable bonds is 6. The number of ether oxygens (including phenoxy) is 1. The summed E-state index contributed by atoms with van der Waals surface area (Å²) in [5, 5.41) is 3.37. The van der Waals surface area contributed by atoms with Gasteiger partial charge in [-0.2, -0.15) is 0 Å². The van der Waals surface area contributed by atoms with Crippen LogP contribution in [-0.2, 0) is 11.3 Å². The fourth-order valence-corrected chi connectivity index (χ4v) is 2.05. The van der Waals surface area contributed by atoms with Crippen molar-refractivity contribution in [2.45, 2.75) is 26.8 Å². The van der Waals surface area contributed by atoms with Crippen molar-refractivity contribution >= 4 is 11.6 Å². The molecule has 1 aromatic carbocycles. The van der Waals surface area contributed by atoms with Crippen LogP contribution in [0.2, 0.25) is 0 Å². The van der Waals surface area contributed by atoms with Crippen LogP contribution >= 0.6 is 0 Å². The molecular formula is C15H21N3O. The average molecular weight is 259 g/mol. The Labute approximate surface area is 114 Å². The van der Waals surface area contributed by atoms with Gasteiger partial charge in [0.2, 0.25) is 5.95 Å². The number of hydrogen-bond donors (Lipinski definition) is 1. The van der Waals surface area contributed by atoms with Crippen molar-refractivity contribution < 1.29 is 4.74 Å². The average Bonchev–Trinajstić information content (AvgIpc) is 2.70. The first-order chi connectivity index (χ1) is 9.19. The van der Waals surface area contributed by atoms with Crippen LogP contribution in [0.15, 0.2) is 30.5 Å². The summed E-state index contributed by atoms with van der Waals surface area (Å²) in [6.45, 7) is 5.76. The molecule has 0 aliphatic rings. The zero-order chi connectivity index (χ0) is 13.7. The van der Waals surface area contributed by atoms with E-state index in [1.807, 2.05) is 13.0 Å². The molecule has 0 radical (unpaired) electrons. The molecule has 0 bridgehead atoms. The Morgan fingerprint density at radius 3 is 2.89 bits per heavy atom. The number of nitrogens with one attached hydrogen (secondary N) is 1. The van der Waals surface area contributed by atoms with Crippen LogP contribution in [0.1, 0.15) is 17.7 Å². The van der Waals surface area contributed by atoms with E-state index in [4.69, 9.17) is 4.74 Å². The molecular weight excluding hydrogens is 238 g/mol. The van der Waals surface area contributed by atoms with E-state index in [0.29, 0.717) is 0 Å². The first-order valence-electron chi connectivity index (χ1n) is 6.55. The van der Waals surface area contributed by atoms with E-state index in [-0.39, 0.29) is 0 Å². The van der Waals surface area contributed by atoms with Crippen LogP contribution in [0, 0.1) is 13.8 Å². The van der Waals surface area contributed by atoms with Gasteiger partial charge in [-0.1, -0.05) is 12.1 Å². The second-order valence-corrected chi connectivity index (χ2v) is 4.74. The Kier molecular flexibility index (Phi) is 4.58. The summed E-state index contributed by atoms with van der Waals surface area (Å²) in [7, 11) is 1.73. The lowest BCUT2D eigenvalue weighted by Crippen LogP contribution is -2.05. The van der Waals surface area contributed by atoms with Gasteiger partial charge in [0.25, 0.3) is 0 Å². The SMILES string of the molecule is COCCCn1cc(C)nc1Nc1cccc(C)c1. The molecule has 0 spiro atoms. The Hall–Kier alpha value is -1.81. The molecule has 0 unspecified atom stereocenters. The topological polar surface area (TPSA) is 39.1 Å². The number of methoxy groups -OCH3 is 1. The minimum absolute atomic E-state index is 0.765. The van der Waals surface area contributed by atoms with Gasteiger partial charge in [-0.05, 0) is 38.0 Å². The first kappa shape index (κ1) is 13.6. The minimum Gasteiger partial charge on any atom is -0.385 e. The number of hydrogen-bond acceptors (Lipinski definition) is 3. The lowest BCUT2D eigenvalue weighted by Gasteiger charge is -2.10. The molecule has 19 heavy (non-hydrogen) atoms. The van der Waals surface area contributed by atoms with Gasteiger partial charge in [0.15, 0.2) is 0 Å². The molecule has 0 saturated heterocycles. The van der Waals surface area contributed by atoms with Crippen molar-refractivity contribution in [3.8, 4) is 0 Å². The molecule has 0 aliphatic heterocycles. The standard InChI is InChI=1S/C15H21N3O/c1-12-6-4-7-14(10-12)17-15-16-13(2)11-18(15)8-5-9-19-3/h4,6-7,10-11H,5,8-9H2,1-3H3,(H,16,17). The predicted octanol–water partition coefficient (Wildman–Crippen LogP) is 3.28. The molecule has 1 aromatic heterocycles. The monoisotopic (exact) mass is 259 g/mol. The summed E-state index contributed by atoms with van der Waals surface area (Å²) in [6, 6.07) is 8.30. The largest absolute Gasteiger partial charge is 0.385 e. The molecule has 2 rings (SSSR count). The third kappa shape index (κ3) is 3.83. The highest BCUT2D eigenvalue weighted by molar-refractivity contribution is 5.54. The summed E-state index contributed by atoms with van der Waals surface area (Å²) in [4.78, 5) is 4.53. The quantitative estimate of drug-likeness (QED) is 0.809. The molecule has 0 atom stereocenters. The predicted molar refractivity (Wildman–Crippen MR) is 77.9 cm³/mol. The molecule has 2 aromatic rings. The van der Waals surface area contributed by atoms with Crippen LogP contribution in [0.4, 0.5) is 11.6 Å². The fourth-order valence-electron chi connectivity index (χ4n) is 2.05. The van der Waals surface area contributed by atoms with Gasteiger partial charge in [-0.3, -0.25) is 0 Å². The Morgan fingerprint density at radius 1 is 1.32 bits per heavy atom. The van der Waals surface area contributed by atoms with Crippen LogP contribution in [-0.4, -0.2) is 23.3 Å². The smallest absolute Gasteiger partial charge is 0.207 e. The summed E-state index contributed by atoms with van der Waals surface area (Å²) in [5.74, 6) is 0.888. The highest BCUT2D eigenvalue weighted by Crippen LogP contribution is 2.17. The van der Waals surface area contributed by atoms with Gasteiger partial charge in [0.1, 0.15) is 0 Å². The zero-order valence-electron chi connectivity index (χ0n) is 11.8. The van der Waals surface area contributed by atoms with Gasteiger partial charge < -0.3 is 14.6 Å². The number of nitrogens with zero attached hydrogens (tertiary/aromatic N) is 2. The molecule has 102 valence electrons. The van der Waals surface area contributed by atoms with E-state index in [1.54, 1.807) is 7.11 Å². The highest BCUT2D eigenvalue weighted by Gasteiger charge is 2.05. The Bertz CT molecular complexity index is 534. The third-order valence-electron chi connectivity index (χ3n) is 2.92. The van der Waals surface area contributed by atoms with Crippen molar-refractivity contribution in [2.75, 3.05) is 19.0 Å². The van der Waals surface area contributed by atoms with Crippen LogP contribution < -0.4 is 5.32 Å².